The van der Waals surface area contributed by atoms with Crippen molar-refractivity contribution in [3.8, 4) is 0 Å². The van der Waals surface area contributed by atoms with E-state index in [1.54, 1.807) is 6.20 Å². The molecule has 0 N–H and O–H groups in total. The molecule has 3 rings (SSSR count). The smallest absolute Gasteiger partial charge is 0.350 e. The van der Waals surface area contributed by atoms with Crippen LogP contribution < -0.4 is 0 Å². The quantitative estimate of drug-likeness (QED) is 0.685. The van der Waals surface area contributed by atoms with Gasteiger partial charge in [-0.15, -0.1) is 0 Å². The van der Waals surface area contributed by atoms with Gasteiger partial charge in [-0.1, -0.05) is 20.8 Å². The van der Waals surface area contributed by atoms with Crippen molar-refractivity contribution in [1.29, 1.82) is 0 Å². The van der Waals surface area contributed by atoms with E-state index in [-0.39, 0.29) is 16.9 Å². The number of aromatic nitrogens is 1. The van der Waals surface area contributed by atoms with Crippen LogP contribution in [0, 0.1) is 16.7 Å². The first-order valence-corrected chi connectivity index (χ1v) is 6.91. The van der Waals surface area contributed by atoms with Crippen LogP contribution in [0.5, 0.6) is 0 Å². The average Bonchev–Trinajstić information content (AvgIpc) is 2.89. The fraction of sp³-hybridized carbons (Fsp3) is 0.733. The molecule has 1 heterocycles. The van der Waals surface area contributed by atoms with Gasteiger partial charge in [0.1, 0.15) is 0 Å². The van der Waals surface area contributed by atoms with E-state index in [2.05, 4.69) is 20.8 Å². The molecule has 4 heteroatoms. The molecule has 2 aliphatic rings. The highest BCUT2D eigenvalue weighted by Crippen LogP contribution is 2.69. The summed E-state index contributed by atoms with van der Waals surface area (Å²) in [6.45, 7) is 6.80. The summed E-state index contributed by atoms with van der Waals surface area (Å²) in [4.78, 5) is 0. The van der Waals surface area contributed by atoms with Crippen LogP contribution in [-0.2, 0) is 6.18 Å². The first kappa shape index (κ1) is 13.1. The lowest BCUT2D eigenvalue weighted by Crippen LogP contribution is -2.33. The third kappa shape index (κ3) is 1.61. The Bertz CT molecular complexity index is 500. The van der Waals surface area contributed by atoms with Crippen LogP contribution in [0.4, 0.5) is 13.2 Å². The molecule has 0 amide bonds. The minimum atomic E-state index is -4.24. The topological polar surface area (TPSA) is 4.93 Å². The van der Waals surface area contributed by atoms with Crippen LogP contribution in [0.1, 0.15) is 51.6 Å². The van der Waals surface area contributed by atoms with Crippen LogP contribution in [0.25, 0.3) is 0 Å². The SMILES string of the molecule is CC1(C)C2CCC1(C)C(n1ccc(C(F)(F)F)c1)C2. The van der Waals surface area contributed by atoms with Gasteiger partial charge in [-0.05, 0) is 42.1 Å². The van der Waals surface area contributed by atoms with E-state index in [0.29, 0.717) is 5.92 Å². The molecular weight excluding hydrogens is 251 g/mol. The Balaban J connectivity index is 1.95. The summed E-state index contributed by atoms with van der Waals surface area (Å²) in [7, 11) is 0. The van der Waals surface area contributed by atoms with E-state index in [9.17, 15) is 13.2 Å². The monoisotopic (exact) mass is 271 g/mol. The van der Waals surface area contributed by atoms with Gasteiger partial charge in [0.05, 0.1) is 5.56 Å². The molecule has 1 aromatic rings. The zero-order valence-electron chi connectivity index (χ0n) is 11.6. The molecule has 3 atom stereocenters. The van der Waals surface area contributed by atoms with Crippen molar-refractivity contribution < 1.29 is 13.2 Å². The molecular formula is C15H20F3N. The second-order valence-electron chi connectivity index (χ2n) is 6.97. The van der Waals surface area contributed by atoms with Gasteiger partial charge < -0.3 is 4.57 Å². The zero-order valence-corrected chi connectivity index (χ0v) is 11.6. The third-order valence-electron chi connectivity index (χ3n) is 6.15. The fourth-order valence-corrected chi connectivity index (χ4v) is 4.39. The number of nitrogens with zero attached hydrogens (tertiary/aromatic N) is 1. The Morgan fingerprint density at radius 2 is 1.95 bits per heavy atom. The lowest BCUT2D eigenvalue weighted by Gasteiger charge is -2.39. The Labute approximate surface area is 111 Å². The molecule has 1 nitrogen and oxygen atoms in total. The van der Waals surface area contributed by atoms with Crippen molar-refractivity contribution in [3.05, 3.63) is 24.0 Å². The molecule has 19 heavy (non-hydrogen) atoms. The zero-order chi connectivity index (χ0) is 14.1. The largest absolute Gasteiger partial charge is 0.417 e. The number of fused-ring (bicyclic) bond motifs is 2. The Morgan fingerprint density at radius 3 is 2.37 bits per heavy atom. The predicted molar refractivity (Wildman–Crippen MR) is 67.7 cm³/mol. The Kier molecular flexibility index (Phi) is 2.47. The number of halogens is 3. The van der Waals surface area contributed by atoms with Gasteiger partial charge in [0.15, 0.2) is 0 Å². The maximum absolute atomic E-state index is 12.7. The first-order valence-electron chi connectivity index (χ1n) is 6.91. The molecule has 0 radical (unpaired) electrons. The first-order chi connectivity index (χ1) is 8.66. The van der Waals surface area contributed by atoms with Crippen molar-refractivity contribution in [2.45, 2.75) is 52.3 Å². The van der Waals surface area contributed by atoms with Crippen LogP contribution in [0.3, 0.4) is 0 Å². The van der Waals surface area contributed by atoms with Gasteiger partial charge in [-0.3, -0.25) is 0 Å². The Hall–Kier alpha value is -0.930. The van der Waals surface area contributed by atoms with Crippen LogP contribution in [0.15, 0.2) is 18.5 Å². The van der Waals surface area contributed by atoms with Gasteiger partial charge in [-0.25, -0.2) is 0 Å². The van der Waals surface area contributed by atoms with E-state index in [1.165, 1.54) is 18.7 Å². The van der Waals surface area contributed by atoms with Crippen molar-refractivity contribution >= 4 is 0 Å². The van der Waals surface area contributed by atoms with E-state index < -0.39 is 11.7 Å². The van der Waals surface area contributed by atoms with E-state index >= 15 is 0 Å². The van der Waals surface area contributed by atoms with Gasteiger partial charge in [0.25, 0.3) is 0 Å². The van der Waals surface area contributed by atoms with Gasteiger partial charge in [0.2, 0.25) is 0 Å². The van der Waals surface area contributed by atoms with Crippen LogP contribution >= 0.6 is 0 Å². The number of hydrogen-bond donors (Lipinski definition) is 0. The summed E-state index contributed by atoms with van der Waals surface area (Å²) in [5, 5.41) is 0. The molecule has 0 aromatic carbocycles. The maximum atomic E-state index is 12.7. The van der Waals surface area contributed by atoms with E-state index in [1.807, 2.05) is 4.57 Å². The highest BCUT2D eigenvalue weighted by Gasteiger charge is 2.61. The predicted octanol–water partition coefficient (Wildman–Crippen LogP) is 4.89. The molecule has 2 bridgehead atoms. The molecule has 2 fully saturated rings. The maximum Gasteiger partial charge on any atom is 0.417 e. The van der Waals surface area contributed by atoms with Gasteiger partial charge >= 0.3 is 6.18 Å². The van der Waals surface area contributed by atoms with Crippen LogP contribution in [0.2, 0.25) is 0 Å². The molecule has 2 saturated carbocycles. The molecule has 106 valence electrons. The lowest BCUT2D eigenvalue weighted by molar-refractivity contribution is -0.137. The number of alkyl halides is 3. The molecule has 1 aromatic heterocycles. The molecule has 0 spiro atoms. The van der Waals surface area contributed by atoms with E-state index in [4.69, 9.17) is 0 Å². The minimum Gasteiger partial charge on any atom is -0.350 e. The van der Waals surface area contributed by atoms with E-state index in [0.717, 1.165) is 12.8 Å². The summed E-state index contributed by atoms with van der Waals surface area (Å²) in [5.41, 5.74) is -0.198. The van der Waals surface area contributed by atoms with Crippen molar-refractivity contribution in [1.82, 2.24) is 4.57 Å². The highest BCUT2D eigenvalue weighted by molar-refractivity contribution is 5.19. The summed E-state index contributed by atoms with van der Waals surface area (Å²) >= 11 is 0. The van der Waals surface area contributed by atoms with Crippen molar-refractivity contribution in [2.24, 2.45) is 16.7 Å². The van der Waals surface area contributed by atoms with Crippen molar-refractivity contribution in [3.63, 3.8) is 0 Å². The molecule has 0 aliphatic heterocycles. The molecule has 3 unspecified atom stereocenters. The number of hydrogen-bond acceptors (Lipinski definition) is 0. The lowest BCUT2D eigenvalue weighted by atomic mass is 9.69. The highest BCUT2D eigenvalue weighted by atomic mass is 19.4. The summed E-state index contributed by atoms with van der Waals surface area (Å²) in [6, 6.07) is 1.40. The summed E-state index contributed by atoms with van der Waals surface area (Å²) in [6.07, 6.45) is 2.00. The standard InChI is InChI=1S/C15H20F3N/c1-13(2)10-4-6-14(13,3)12(8-10)19-7-5-11(9-19)15(16,17)18/h5,7,9-10,12H,4,6,8H2,1-3H3. The second kappa shape index (κ2) is 3.58. The average molecular weight is 271 g/mol. The second-order valence-corrected chi connectivity index (χ2v) is 6.97. The van der Waals surface area contributed by atoms with Crippen molar-refractivity contribution in [2.75, 3.05) is 0 Å². The summed E-state index contributed by atoms with van der Waals surface area (Å²) < 4.78 is 39.9. The minimum absolute atomic E-state index is 0.111. The molecule has 2 aliphatic carbocycles. The number of rotatable bonds is 1. The summed E-state index contributed by atoms with van der Waals surface area (Å²) in [5.74, 6) is 0.638. The normalized spacial score (nSPS) is 36.9. The van der Waals surface area contributed by atoms with Gasteiger partial charge in [-0.2, -0.15) is 13.2 Å². The fourth-order valence-electron chi connectivity index (χ4n) is 4.39. The molecule has 0 saturated heterocycles. The Morgan fingerprint density at radius 1 is 1.26 bits per heavy atom. The third-order valence-corrected chi connectivity index (χ3v) is 6.15. The van der Waals surface area contributed by atoms with Crippen LogP contribution in [-0.4, -0.2) is 4.57 Å². The van der Waals surface area contributed by atoms with Gasteiger partial charge in [0, 0.05) is 18.4 Å².